The van der Waals surface area contributed by atoms with Crippen molar-refractivity contribution in [3.8, 4) is 11.5 Å². The lowest BCUT2D eigenvalue weighted by atomic mass is 10.1. The summed E-state index contributed by atoms with van der Waals surface area (Å²) in [5.74, 6) is 1.00. The predicted octanol–water partition coefficient (Wildman–Crippen LogP) is 2.84. The van der Waals surface area contributed by atoms with E-state index in [4.69, 9.17) is 9.47 Å². The molecule has 0 spiro atoms. The first-order valence-corrected chi connectivity index (χ1v) is 8.81. The molecule has 1 aromatic carbocycles. The number of H-pyrrole nitrogens is 1. The third kappa shape index (κ3) is 5.34. The molecule has 1 heterocycles. The number of nitrogens with one attached hydrogen (secondary N) is 2. The van der Waals surface area contributed by atoms with Gasteiger partial charge in [-0.25, -0.2) is 5.10 Å². The van der Waals surface area contributed by atoms with Crippen molar-refractivity contribution in [2.45, 2.75) is 39.7 Å². The molecule has 2 aromatic rings. The van der Waals surface area contributed by atoms with Crippen molar-refractivity contribution in [1.82, 2.24) is 15.5 Å². The van der Waals surface area contributed by atoms with Crippen LogP contribution in [0.15, 0.2) is 35.1 Å². The van der Waals surface area contributed by atoms with Gasteiger partial charge in [-0.1, -0.05) is 19.9 Å². The standard InChI is InChI=1S/C19H25N3O4/c1-4-10-25-16-8-6-14(12-17(16)26-11-5-2)13(3)20-19(24)15-7-9-18(23)22-21-15/h6-9,12-13H,4-5,10-11H2,1-3H3,(H,20,24)(H,22,23)/t13-/m1/s1. The minimum absolute atomic E-state index is 0.154. The number of hydrogen-bond acceptors (Lipinski definition) is 5. The number of benzene rings is 1. The SMILES string of the molecule is CCCOc1ccc([C@@H](C)NC(=O)c2ccc(=O)[nH]n2)cc1OCCC. The average molecular weight is 359 g/mol. The summed E-state index contributed by atoms with van der Waals surface area (Å²) < 4.78 is 11.5. The van der Waals surface area contributed by atoms with Gasteiger partial charge in [0.2, 0.25) is 0 Å². The molecular weight excluding hydrogens is 334 g/mol. The van der Waals surface area contributed by atoms with Crippen LogP contribution < -0.4 is 20.3 Å². The topological polar surface area (TPSA) is 93.3 Å². The maximum Gasteiger partial charge on any atom is 0.272 e. The maximum atomic E-state index is 12.3. The number of carbonyl (C=O) groups excluding carboxylic acids is 1. The monoisotopic (exact) mass is 359 g/mol. The van der Waals surface area contributed by atoms with Gasteiger partial charge in [0.05, 0.1) is 19.3 Å². The van der Waals surface area contributed by atoms with E-state index in [1.54, 1.807) is 0 Å². The van der Waals surface area contributed by atoms with Crippen LogP contribution in [-0.2, 0) is 0 Å². The molecule has 0 aliphatic heterocycles. The van der Waals surface area contributed by atoms with Crippen molar-refractivity contribution < 1.29 is 14.3 Å². The van der Waals surface area contributed by atoms with Crippen LogP contribution in [0.1, 0.15) is 55.7 Å². The number of amides is 1. The third-order valence-electron chi connectivity index (χ3n) is 3.65. The molecule has 0 saturated heterocycles. The van der Waals surface area contributed by atoms with Gasteiger partial charge < -0.3 is 14.8 Å². The van der Waals surface area contributed by atoms with Gasteiger partial charge in [-0.3, -0.25) is 9.59 Å². The summed E-state index contributed by atoms with van der Waals surface area (Å²) in [6.07, 6.45) is 1.80. The van der Waals surface area contributed by atoms with Crippen LogP contribution in [0.5, 0.6) is 11.5 Å². The highest BCUT2D eigenvalue weighted by molar-refractivity contribution is 5.92. The first-order valence-electron chi connectivity index (χ1n) is 8.81. The van der Waals surface area contributed by atoms with Gasteiger partial charge in [0.1, 0.15) is 5.69 Å². The van der Waals surface area contributed by atoms with Gasteiger partial charge in [0, 0.05) is 6.07 Å². The molecule has 7 heteroatoms. The van der Waals surface area contributed by atoms with E-state index in [1.165, 1.54) is 12.1 Å². The molecule has 1 aromatic heterocycles. The zero-order valence-electron chi connectivity index (χ0n) is 15.4. The molecule has 0 fully saturated rings. The van der Waals surface area contributed by atoms with Gasteiger partial charge in [0.15, 0.2) is 11.5 Å². The van der Waals surface area contributed by atoms with Gasteiger partial charge in [-0.2, -0.15) is 5.10 Å². The highest BCUT2D eigenvalue weighted by Gasteiger charge is 2.15. The first kappa shape index (κ1) is 19.5. The summed E-state index contributed by atoms with van der Waals surface area (Å²) >= 11 is 0. The summed E-state index contributed by atoms with van der Waals surface area (Å²) in [6, 6.07) is 8.03. The number of carbonyl (C=O) groups is 1. The molecule has 0 saturated carbocycles. The van der Waals surface area contributed by atoms with Crippen LogP contribution in [-0.4, -0.2) is 29.3 Å². The van der Waals surface area contributed by atoms with Crippen molar-refractivity contribution in [2.75, 3.05) is 13.2 Å². The zero-order valence-corrected chi connectivity index (χ0v) is 15.4. The second-order valence-electron chi connectivity index (χ2n) is 5.90. The van der Waals surface area contributed by atoms with E-state index < -0.39 is 0 Å². The van der Waals surface area contributed by atoms with Crippen LogP contribution >= 0.6 is 0 Å². The number of hydrogen-bond donors (Lipinski definition) is 2. The van der Waals surface area contributed by atoms with E-state index in [-0.39, 0.29) is 23.2 Å². The van der Waals surface area contributed by atoms with Crippen LogP contribution in [0.25, 0.3) is 0 Å². The number of rotatable bonds is 9. The van der Waals surface area contributed by atoms with E-state index in [1.807, 2.05) is 39.0 Å². The average Bonchev–Trinajstić information content (AvgIpc) is 2.65. The van der Waals surface area contributed by atoms with Crippen LogP contribution in [0.3, 0.4) is 0 Å². The summed E-state index contributed by atoms with van der Waals surface area (Å²) in [5, 5.41) is 8.84. The van der Waals surface area contributed by atoms with Gasteiger partial charge in [-0.05, 0) is 43.5 Å². The van der Waals surface area contributed by atoms with Crippen LogP contribution in [0, 0.1) is 0 Å². The third-order valence-corrected chi connectivity index (χ3v) is 3.65. The fourth-order valence-electron chi connectivity index (χ4n) is 2.27. The van der Waals surface area contributed by atoms with Crippen LogP contribution in [0.4, 0.5) is 0 Å². The Kier molecular flexibility index (Phi) is 7.20. The molecule has 2 N–H and O–H groups in total. The summed E-state index contributed by atoms with van der Waals surface area (Å²) in [4.78, 5) is 23.3. The Bertz CT molecular complexity index is 768. The maximum absolute atomic E-state index is 12.3. The molecular formula is C19H25N3O4. The van der Waals surface area contributed by atoms with E-state index in [0.29, 0.717) is 24.7 Å². The largest absolute Gasteiger partial charge is 0.490 e. The molecule has 0 aliphatic carbocycles. The van der Waals surface area contributed by atoms with Crippen molar-refractivity contribution in [1.29, 1.82) is 0 Å². The molecule has 0 radical (unpaired) electrons. The lowest BCUT2D eigenvalue weighted by Crippen LogP contribution is -2.28. The van der Waals surface area contributed by atoms with E-state index in [2.05, 4.69) is 15.5 Å². The van der Waals surface area contributed by atoms with Gasteiger partial charge in [0.25, 0.3) is 11.5 Å². The first-order chi connectivity index (χ1) is 12.5. The van der Waals surface area contributed by atoms with Crippen molar-refractivity contribution in [2.24, 2.45) is 0 Å². The number of aromatic nitrogens is 2. The Morgan fingerprint density at radius 3 is 2.42 bits per heavy atom. The summed E-state index contributed by atoms with van der Waals surface area (Å²) in [6.45, 7) is 7.16. The predicted molar refractivity (Wildman–Crippen MR) is 98.8 cm³/mol. The van der Waals surface area contributed by atoms with E-state index in [9.17, 15) is 9.59 Å². The Morgan fingerprint density at radius 1 is 1.12 bits per heavy atom. The quantitative estimate of drug-likeness (QED) is 0.718. The lowest BCUT2D eigenvalue weighted by molar-refractivity contribution is 0.0933. The van der Waals surface area contributed by atoms with E-state index in [0.717, 1.165) is 18.4 Å². The molecule has 0 aliphatic rings. The smallest absolute Gasteiger partial charge is 0.272 e. The Morgan fingerprint density at radius 2 is 1.81 bits per heavy atom. The molecule has 1 amide bonds. The molecule has 0 unspecified atom stereocenters. The highest BCUT2D eigenvalue weighted by atomic mass is 16.5. The summed E-state index contributed by atoms with van der Waals surface area (Å²) in [5.41, 5.74) is 0.689. The molecule has 1 atom stereocenters. The molecule has 140 valence electrons. The fourth-order valence-corrected chi connectivity index (χ4v) is 2.27. The number of nitrogens with zero attached hydrogens (tertiary/aromatic N) is 1. The van der Waals surface area contributed by atoms with Crippen LogP contribution in [0.2, 0.25) is 0 Å². The van der Waals surface area contributed by atoms with Crippen molar-refractivity contribution >= 4 is 5.91 Å². The second kappa shape index (κ2) is 9.60. The van der Waals surface area contributed by atoms with Crippen molar-refractivity contribution in [3.05, 3.63) is 51.9 Å². The summed E-state index contributed by atoms with van der Waals surface area (Å²) in [7, 11) is 0. The minimum atomic E-state index is -0.365. The molecule has 26 heavy (non-hydrogen) atoms. The zero-order chi connectivity index (χ0) is 18.9. The molecule has 2 rings (SSSR count). The minimum Gasteiger partial charge on any atom is -0.490 e. The number of ether oxygens (including phenoxy) is 2. The second-order valence-corrected chi connectivity index (χ2v) is 5.90. The number of aromatic amines is 1. The molecule has 7 nitrogen and oxygen atoms in total. The Balaban J connectivity index is 2.13. The Labute approximate surface area is 152 Å². The fraction of sp³-hybridized carbons (Fsp3) is 0.421. The van der Waals surface area contributed by atoms with Crippen molar-refractivity contribution in [3.63, 3.8) is 0 Å². The normalized spacial score (nSPS) is 11.7. The van der Waals surface area contributed by atoms with Gasteiger partial charge >= 0.3 is 0 Å². The Hall–Kier alpha value is -2.83. The lowest BCUT2D eigenvalue weighted by Gasteiger charge is -2.18. The van der Waals surface area contributed by atoms with E-state index >= 15 is 0 Å². The van der Waals surface area contributed by atoms with Gasteiger partial charge in [-0.15, -0.1) is 0 Å². The highest BCUT2D eigenvalue weighted by Crippen LogP contribution is 2.31. The molecule has 0 bridgehead atoms.